The Morgan fingerprint density at radius 1 is 1.12 bits per heavy atom. The Kier molecular flexibility index (Phi) is 5.50. The first-order valence-corrected chi connectivity index (χ1v) is 8.83. The number of H-pyrrole nitrogens is 1. The highest BCUT2D eigenvalue weighted by atomic mass is 35.5. The molecule has 7 heteroatoms. The van der Waals surface area contributed by atoms with E-state index in [1.807, 2.05) is 50.2 Å². The summed E-state index contributed by atoms with van der Waals surface area (Å²) in [4.78, 5) is 8.31. The van der Waals surface area contributed by atoms with Gasteiger partial charge in [0.25, 0.3) is 0 Å². The predicted octanol–water partition coefficient (Wildman–Crippen LogP) is 5.24. The third-order valence-electron chi connectivity index (χ3n) is 3.67. The molecule has 1 fully saturated rings. The van der Waals surface area contributed by atoms with Crippen molar-refractivity contribution in [3.05, 3.63) is 53.6 Å². The molecule has 0 bridgehead atoms. The molecule has 25 heavy (non-hydrogen) atoms. The van der Waals surface area contributed by atoms with Gasteiger partial charge in [0.1, 0.15) is 5.69 Å². The highest BCUT2D eigenvalue weighted by Gasteiger charge is 2.25. The van der Waals surface area contributed by atoms with Crippen LogP contribution in [0.2, 0.25) is 5.28 Å². The lowest BCUT2D eigenvalue weighted by atomic mass is 10.3. The van der Waals surface area contributed by atoms with Crippen LogP contribution in [-0.2, 0) is 0 Å². The molecule has 0 spiro atoms. The van der Waals surface area contributed by atoms with Crippen LogP contribution in [0.5, 0.6) is 0 Å². The largest absolute Gasteiger partial charge is 0.351 e. The van der Waals surface area contributed by atoms with Crippen molar-refractivity contribution in [1.29, 1.82) is 0 Å². The van der Waals surface area contributed by atoms with Crippen LogP contribution in [0.25, 0.3) is 0 Å². The molecule has 6 nitrogen and oxygen atoms in total. The van der Waals surface area contributed by atoms with Gasteiger partial charge in [0.2, 0.25) is 5.28 Å². The summed E-state index contributed by atoms with van der Waals surface area (Å²) in [5.74, 6) is 1.93. The second-order valence-electron chi connectivity index (χ2n) is 5.50. The van der Waals surface area contributed by atoms with Crippen LogP contribution in [0.4, 0.5) is 23.0 Å². The standard InChI is InChI=1S/C16H15ClN6.C2H6/c17-16-18-9-13(19-11-4-2-1-3-5-11)15(21-16)20-14-8-12(22-23-14)10-6-7-10;1-2/h1-5,8-10,19H,6-7H2,(H2,18,20,21,22,23);1-2H3. The Hall–Kier alpha value is -2.60. The lowest BCUT2D eigenvalue weighted by Gasteiger charge is -2.11. The molecule has 2 aromatic heterocycles. The number of nitrogens with zero attached hydrogens (tertiary/aromatic N) is 3. The van der Waals surface area contributed by atoms with Gasteiger partial charge in [-0.25, -0.2) is 4.98 Å². The average molecular weight is 357 g/mol. The quantitative estimate of drug-likeness (QED) is 0.544. The number of nitrogens with one attached hydrogen (secondary N) is 3. The molecular formula is C18H21ClN6. The summed E-state index contributed by atoms with van der Waals surface area (Å²) < 4.78 is 0. The third-order valence-corrected chi connectivity index (χ3v) is 3.86. The highest BCUT2D eigenvalue weighted by molar-refractivity contribution is 6.28. The normalized spacial score (nSPS) is 12.9. The van der Waals surface area contributed by atoms with E-state index in [0.29, 0.717) is 11.7 Å². The van der Waals surface area contributed by atoms with E-state index < -0.39 is 0 Å². The predicted molar refractivity (Wildman–Crippen MR) is 102 cm³/mol. The van der Waals surface area contributed by atoms with Gasteiger partial charge in [-0.3, -0.25) is 5.10 Å². The number of rotatable bonds is 5. The fourth-order valence-electron chi connectivity index (χ4n) is 2.35. The topological polar surface area (TPSA) is 78.5 Å². The van der Waals surface area contributed by atoms with Crippen molar-refractivity contribution >= 4 is 34.6 Å². The van der Waals surface area contributed by atoms with E-state index in [1.165, 1.54) is 12.8 Å². The van der Waals surface area contributed by atoms with Gasteiger partial charge in [0.15, 0.2) is 11.6 Å². The molecule has 130 valence electrons. The third kappa shape index (κ3) is 4.48. The van der Waals surface area contributed by atoms with Crippen molar-refractivity contribution in [1.82, 2.24) is 20.2 Å². The number of hydrogen-bond acceptors (Lipinski definition) is 5. The maximum atomic E-state index is 5.93. The SMILES string of the molecule is CC.Clc1ncc(Nc2ccccc2)c(Nc2cc(C3CC3)[nH]n2)n1. The van der Waals surface area contributed by atoms with Gasteiger partial charge in [-0.05, 0) is 36.6 Å². The van der Waals surface area contributed by atoms with Gasteiger partial charge in [-0.2, -0.15) is 10.1 Å². The van der Waals surface area contributed by atoms with E-state index in [2.05, 4.69) is 30.8 Å². The molecule has 0 amide bonds. The van der Waals surface area contributed by atoms with E-state index in [4.69, 9.17) is 11.6 Å². The summed E-state index contributed by atoms with van der Waals surface area (Å²) in [7, 11) is 0. The number of halogens is 1. The van der Waals surface area contributed by atoms with E-state index in [9.17, 15) is 0 Å². The Morgan fingerprint density at radius 2 is 1.88 bits per heavy atom. The molecular weight excluding hydrogens is 336 g/mol. The number of aromatic nitrogens is 4. The Bertz CT molecular complexity index is 813. The summed E-state index contributed by atoms with van der Waals surface area (Å²) in [6.45, 7) is 4.00. The molecule has 3 N–H and O–H groups in total. The minimum absolute atomic E-state index is 0.184. The van der Waals surface area contributed by atoms with Gasteiger partial charge >= 0.3 is 0 Å². The summed E-state index contributed by atoms with van der Waals surface area (Å²) in [5.41, 5.74) is 2.84. The number of anilines is 4. The van der Waals surface area contributed by atoms with E-state index in [1.54, 1.807) is 6.20 Å². The van der Waals surface area contributed by atoms with Crippen LogP contribution in [-0.4, -0.2) is 20.2 Å². The van der Waals surface area contributed by atoms with Crippen molar-refractivity contribution in [2.24, 2.45) is 0 Å². The van der Waals surface area contributed by atoms with Crippen molar-refractivity contribution < 1.29 is 0 Å². The molecule has 4 rings (SSSR count). The first kappa shape index (κ1) is 17.2. The van der Waals surface area contributed by atoms with Crippen LogP contribution in [0, 0.1) is 0 Å². The monoisotopic (exact) mass is 356 g/mol. The maximum absolute atomic E-state index is 5.93. The van der Waals surface area contributed by atoms with Crippen molar-refractivity contribution in [3.8, 4) is 0 Å². The Morgan fingerprint density at radius 3 is 2.60 bits per heavy atom. The lowest BCUT2D eigenvalue weighted by Crippen LogP contribution is -2.01. The second kappa shape index (κ2) is 7.98. The zero-order valence-electron chi connectivity index (χ0n) is 14.3. The first-order valence-electron chi connectivity index (χ1n) is 8.45. The molecule has 2 heterocycles. The fraction of sp³-hybridized carbons (Fsp3) is 0.278. The van der Waals surface area contributed by atoms with Crippen LogP contribution in [0.15, 0.2) is 42.6 Å². The molecule has 0 radical (unpaired) electrons. The molecule has 0 aliphatic heterocycles. The summed E-state index contributed by atoms with van der Waals surface area (Å²) >= 11 is 5.93. The average Bonchev–Trinajstić information content (AvgIpc) is 3.40. The summed E-state index contributed by atoms with van der Waals surface area (Å²) in [6.07, 6.45) is 4.10. The number of aromatic amines is 1. The molecule has 0 saturated heterocycles. The Labute approximate surface area is 152 Å². The first-order chi connectivity index (χ1) is 12.3. The van der Waals surface area contributed by atoms with E-state index in [0.717, 1.165) is 22.9 Å². The molecule has 3 aromatic rings. The molecule has 1 saturated carbocycles. The van der Waals surface area contributed by atoms with E-state index in [-0.39, 0.29) is 5.28 Å². The van der Waals surface area contributed by atoms with Gasteiger partial charge in [0.05, 0.1) is 6.20 Å². The lowest BCUT2D eigenvalue weighted by molar-refractivity contribution is 0.966. The number of benzene rings is 1. The van der Waals surface area contributed by atoms with Gasteiger partial charge in [0, 0.05) is 23.4 Å². The van der Waals surface area contributed by atoms with E-state index >= 15 is 0 Å². The van der Waals surface area contributed by atoms with Gasteiger partial charge in [-0.15, -0.1) is 0 Å². The zero-order valence-corrected chi connectivity index (χ0v) is 15.0. The fourth-order valence-corrected chi connectivity index (χ4v) is 2.48. The van der Waals surface area contributed by atoms with Crippen molar-refractivity contribution in [3.63, 3.8) is 0 Å². The minimum atomic E-state index is 0.184. The summed E-state index contributed by atoms with van der Waals surface area (Å²) in [6, 6.07) is 11.8. The van der Waals surface area contributed by atoms with Crippen LogP contribution < -0.4 is 10.6 Å². The Balaban J connectivity index is 0.000000880. The van der Waals surface area contributed by atoms with Gasteiger partial charge in [-0.1, -0.05) is 32.0 Å². The van der Waals surface area contributed by atoms with Crippen LogP contribution >= 0.6 is 11.6 Å². The number of para-hydroxylation sites is 1. The zero-order chi connectivity index (χ0) is 17.6. The van der Waals surface area contributed by atoms with Crippen LogP contribution in [0.1, 0.15) is 38.3 Å². The molecule has 1 aliphatic carbocycles. The van der Waals surface area contributed by atoms with Crippen molar-refractivity contribution in [2.75, 3.05) is 10.6 Å². The second-order valence-corrected chi connectivity index (χ2v) is 5.84. The molecule has 0 atom stereocenters. The minimum Gasteiger partial charge on any atom is -0.351 e. The maximum Gasteiger partial charge on any atom is 0.224 e. The smallest absolute Gasteiger partial charge is 0.224 e. The number of hydrogen-bond donors (Lipinski definition) is 3. The van der Waals surface area contributed by atoms with Gasteiger partial charge < -0.3 is 10.6 Å². The molecule has 0 unspecified atom stereocenters. The summed E-state index contributed by atoms with van der Waals surface area (Å²) in [5, 5.41) is 14.0. The van der Waals surface area contributed by atoms with Crippen LogP contribution in [0.3, 0.4) is 0 Å². The molecule has 1 aliphatic rings. The highest BCUT2D eigenvalue weighted by Crippen LogP contribution is 2.39. The molecule has 1 aromatic carbocycles. The van der Waals surface area contributed by atoms with Crippen molar-refractivity contribution in [2.45, 2.75) is 32.6 Å².